The van der Waals surface area contributed by atoms with Crippen LogP contribution in [0.3, 0.4) is 0 Å². The molecule has 1 aromatic heterocycles. The number of nitrogens with zero attached hydrogens (tertiary/aromatic N) is 2. The molecule has 0 unspecified atom stereocenters. The molecule has 0 spiro atoms. The van der Waals surface area contributed by atoms with Crippen molar-refractivity contribution in [1.82, 2.24) is 9.97 Å². The second-order valence-corrected chi connectivity index (χ2v) is 18.9. The minimum absolute atomic E-state index is 0.298. The first-order valence-corrected chi connectivity index (χ1v) is 14.9. The van der Waals surface area contributed by atoms with E-state index in [1.807, 2.05) is 6.92 Å². The summed E-state index contributed by atoms with van der Waals surface area (Å²) in [7, 11) is 0. The van der Waals surface area contributed by atoms with E-state index in [0.717, 1.165) is 9.40 Å². The number of carbonyl (C=O) groups is 1. The third-order valence-electron chi connectivity index (χ3n) is 2.19. The number of amides is 1. The number of aromatic nitrogens is 2. The summed E-state index contributed by atoms with van der Waals surface area (Å²) in [4.78, 5) is 26.6. The molecule has 0 fully saturated rings. The topological polar surface area (TPSA) is 68.9 Å². The Kier molecular flexibility index (Phi) is 3.37. The molecule has 0 saturated carbocycles. The molecule has 0 bridgehead atoms. The molecule has 0 aromatic carbocycles. The summed E-state index contributed by atoms with van der Waals surface area (Å²) in [5.74, 6) is -0.501. The molecule has 1 amide bonds. The molecule has 1 rings (SSSR count). The van der Waals surface area contributed by atoms with E-state index in [1.165, 1.54) is 0 Å². The summed E-state index contributed by atoms with van der Waals surface area (Å²) in [5.41, 5.74) is 7.02. The van der Waals surface area contributed by atoms with Gasteiger partial charge < -0.3 is 0 Å². The molecule has 1 heterocycles. The van der Waals surface area contributed by atoms with Gasteiger partial charge in [0.1, 0.15) is 0 Å². The van der Waals surface area contributed by atoms with Crippen molar-refractivity contribution >= 4 is 28.0 Å². The van der Waals surface area contributed by atoms with Gasteiger partial charge in [-0.05, 0) is 0 Å². The summed E-state index contributed by atoms with van der Waals surface area (Å²) in [6.07, 6.45) is 0. The molecule has 5 heteroatoms. The van der Waals surface area contributed by atoms with Gasteiger partial charge in [0.05, 0.1) is 0 Å². The van der Waals surface area contributed by atoms with Gasteiger partial charge >= 0.3 is 94.2 Å². The number of hydrogen-bond acceptors (Lipinski definition) is 3. The van der Waals surface area contributed by atoms with Crippen LogP contribution < -0.4 is 9.44 Å². The Bertz CT molecular complexity index is 410. The Morgan fingerprint density at radius 2 is 1.67 bits per heavy atom. The molecule has 1 aromatic rings. The third-order valence-corrected chi connectivity index (χ3v) is 7.60. The second kappa shape index (κ2) is 4.08. The van der Waals surface area contributed by atoms with Crippen molar-refractivity contribution in [3.8, 4) is 0 Å². The van der Waals surface area contributed by atoms with Gasteiger partial charge in [-0.1, -0.05) is 0 Å². The summed E-state index contributed by atoms with van der Waals surface area (Å²) in [5, 5.41) is 0. The number of carbonyl (C=O) groups excluding carboxylic acids is 1. The number of primary amides is 1. The molecule has 4 nitrogen and oxygen atoms in total. The van der Waals surface area contributed by atoms with Gasteiger partial charge in [0.15, 0.2) is 0 Å². The molecule has 2 N–H and O–H groups in total. The molecule has 0 saturated heterocycles. The van der Waals surface area contributed by atoms with Crippen molar-refractivity contribution in [2.75, 3.05) is 0 Å². The van der Waals surface area contributed by atoms with Crippen LogP contribution in [0.5, 0.6) is 0 Å². The summed E-state index contributed by atoms with van der Waals surface area (Å²) < 4.78 is 1.12. The third kappa shape index (κ3) is 2.68. The van der Waals surface area contributed by atoms with E-state index in [-0.39, 0.29) is 0 Å². The zero-order valence-electron chi connectivity index (χ0n) is 9.88. The molecule has 0 radical (unpaired) electrons. The van der Waals surface area contributed by atoms with Crippen LogP contribution >= 0.6 is 0 Å². The van der Waals surface area contributed by atoms with Crippen molar-refractivity contribution in [3.05, 3.63) is 17.1 Å². The van der Waals surface area contributed by atoms with Crippen molar-refractivity contribution in [2.24, 2.45) is 5.73 Å². The summed E-state index contributed by atoms with van der Waals surface area (Å²) in [6, 6.07) is 0. The van der Waals surface area contributed by atoms with Crippen molar-refractivity contribution in [2.45, 2.75) is 28.7 Å². The van der Waals surface area contributed by atoms with Crippen LogP contribution in [0, 0.1) is 13.8 Å². The van der Waals surface area contributed by atoms with Gasteiger partial charge in [-0.3, -0.25) is 0 Å². The average molecular weight is 314 g/mol. The molecule has 0 aliphatic carbocycles. The SMILES string of the molecule is Cc1n[c]([Sn]([CH3])([CH3])[CH3])c(C)nc1C(N)=O. The number of nitrogens with two attached hydrogens (primary N) is 1. The molecule has 15 heavy (non-hydrogen) atoms. The van der Waals surface area contributed by atoms with E-state index < -0.39 is 24.3 Å². The van der Waals surface area contributed by atoms with Gasteiger partial charge in [-0.25, -0.2) is 0 Å². The number of aryl methyl sites for hydroxylation is 2. The zero-order valence-corrected chi connectivity index (χ0v) is 12.7. The Morgan fingerprint density at radius 3 is 2.07 bits per heavy atom. The van der Waals surface area contributed by atoms with Crippen LogP contribution in [0.1, 0.15) is 21.9 Å². The summed E-state index contributed by atoms with van der Waals surface area (Å²) in [6.45, 7) is 3.68. The Labute approximate surface area is 94.2 Å². The molecular weight excluding hydrogens is 297 g/mol. The van der Waals surface area contributed by atoms with Crippen LogP contribution in [-0.2, 0) is 0 Å². The van der Waals surface area contributed by atoms with Crippen molar-refractivity contribution in [1.29, 1.82) is 0 Å². The van der Waals surface area contributed by atoms with Crippen molar-refractivity contribution in [3.63, 3.8) is 0 Å². The molecule has 82 valence electrons. The van der Waals surface area contributed by atoms with E-state index in [4.69, 9.17) is 5.73 Å². The van der Waals surface area contributed by atoms with E-state index >= 15 is 0 Å². The minimum atomic E-state index is -2.22. The van der Waals surface area contributed by atoms with Gasteiger partial charge in [0, 0.05) is 0 Å². The zero-order chi connectivity index (χ0) is 11.8. The first kappa shape index (κ1) is 12.4. The fourth-order valence-corrected chi connectivity index (χ4v) is 6.24. The fraction of sp³-hybridized carbons (Fsp3) is 0.500. The predicted octanol–water partition coefficient (Wildman–Crippen LogP) is 0.738. The number of rotatable bonds is 2. The average Bonchev–Trinajstić information content (AvgIpc) is 2.06. The Balaban J connectivity index is 3.39. The fourth-order valence-electron chi connectivity index (χ4n) is 1.55. The van der Waals surface area contributed by atoms with Gasteiger partial charge in [0.2, 0.25) is 0 Å². The van der Waals surface area contributed by atoms with Crippen LogP contribution in [-0.4, -0.2) is 34.3 Å². The summed E-state index contributed by atoms with van der Waals surface area (Å²) >= 11 is -2.22. The second-order valence-electron chi connectivity index (χ2n) is 4.71. The Hall–Kier alpha value is -0.651. The monoisotopic (exact) mass is 315 g/mol. The van der Waals surface area contributed by atoms with Crippen LogP contribution in [0.2, 0.25) is 14.8 Å². The molecular formula is C10H17N3OSn. The van der Waals surface area contributed by atoms with E-state index in [1.54, 1.807) is 6.92 Å². The Morgan fingerprint density at radius 1 is 1.13 bits per heavy atom. The van der Waals surface area contributed by atoms with E-state index in [0.29, 0.717) is 11.4 Å². The van der Waals surface area contributed by atoms with Crippen molar-refractivity contribution < 1.29 is 4.79 Å². The first-order chi connectivity index (χ1) is 6.73. The normalized spacial score (nSPS) is 11.5. The van der Waals surface area contributed by atoms with Gasteiger partial charge in [0.25, 0.3) is 0 Å². The van der Waals surface area contributed by atoms with E-state index in [9.17, 15) is 4.79 Å². The van der Waals surface area contributed by atoms with Gasteiger partial charge in [-0.2, -0.15) is 0 Å². The molecule has 0 aliphatic heterocycles. The maximum absolute atomic E-state index is 11.1. The first-order valence-electron chi connectivity index (χ1n) is 4.89. The quantitative estimate of drug-likeness (QED) is 0.819. The van der Waals surface area contributed by atoms with Crippen LogP contribution in [0.15, 0.2) is 0 Å². The number of hydrogen-bond donors (Lipinski definition) is 1. The molecule has 0 aliphatic rings. The van der Waals surface area contributed by atoms with E-state index in [2.05, 4.69) is 24.8 Å². The van der Waals surface area contributed by atoms with Crippen LogP contribution in [0.4, 0.5) is 0 Å². The standard InChI is InChI=1S/C7H8N3O.3CH3.Sn/c1-4-3-9-5(2)6(10-4)7(8)11;;;;/h1-2H3,(H2,8,11);3*1H3;. The predicted molar refractivity (Wildman–Crippen MR) is 63.0 cm³/mol. The molecule has 0 atom stereocenters. The van der Waals surface area contributed by atoms with Crippen LogP contribution in [0.25, 0.3) is 0 Å². The maximum atomic E-state index is 11.1. The van der Waals surface area contributed by atoms with Gasteiger partial charge in [-0.15, -0.1) is 0 Å².